The van der Waals surface area contributed by atoms with Gasteiger partial charge in [0, 0.05) is 23.3 Å². The summed E-state index contributed by atoms with van der Waals surface area (Å²) in [4.78, 5) is 23.5. The van der Waals surface area contributed by atoms with Crippen molar-refractivity contribution in [1.82, 2.24) is 5.32 Å². The van der Waals surface area contributed by atoms with E-state index >= 15 is 0 Å². The molecule has 2 rings (SSSR count). The third-order valence-corrected chi connectivity index (χ3v) is 3.36. The first-order valence-electron chi connectivity index (χ1n) is 6.10. The van der Waals surface area contributed by atoms with Gasteiger partial charge in [-0.15, -0.1) is 0 Å². The van der Waals surface area contributed by atoms with E-state index in [2.05, 4.69) is 10.6 Å². The summed E-state index contributed by atoms with van der Waals surface area (Å²) in [5.41, 5.74) is 1.41. The third-order valence-electron chi connectivity index (χ3n) is 2.81. The van der Waals surface area contributed by atoms with Crippen molar-refractivity contribution in [2.45, 2.75) is 0 Å². The molecule has 0 atom stereocenters. The van der Waals surface area contributed by atoms with Gasteiger partial charge < -0.3 is 10.6 Å². The molecule has 0 spiro atoms. The maximum absolute atomic E-state index is 12.1. The predicted octanol–water partition coefficient (Wildman–Crippen LogP) is 3.61. The molecule has 0 bridgehead atoms. The summed E-state index contributed by atoms with van der Waals surface area (Å²) < 4.78 is 0. The van der Waals surface area contributed by atoms with Gasteiger partial charge in [0.25, 0.3) is 11.8 Å². The fourth-order valence-electron chi connectivity index (χ4n) is 1.72. The number of hydrogen-bond acceptors (Lipinski definition) is 2. The maximum atomic E-state index is 12.1. The normalized spacial score (nSPS) is 10.0. The zero-order valence-corrected chi connectivity index (χ0v) is 12.6. The SMILES string of the molecule is CNC(=O)c1ccc(NC(=O)c2ccc(Cl)cc2Cl)cc1. The molecule has 21 heavy (non-hydrogen) atoms. The fraction of sp³-hybridized carbons (Fsp3) is 0.0667. The molecule has 108 valence electrons. The van der Waals surface area contributed by atoms with Gasteiger partial charge in [0.2, 0.25) is 0 Å². The summed E-state index contributed by atoms with van der Waals surface area (Å²) in [6.07, 6.45) is 0. The average molecular weight is 323 g/mol. The molecule has 2 N–H and O–H groups in total. The summed E-state index contributed by atoms with van der Waals surface area (Å²) in [6, 6.07) is 11.2. The standard InChI is InChI=1S/C15H12Cl2N2O2/c1-18-14(20)9-2-5-11(6-3-9)19-15(21)12-7-4-10(16)8-13(12)17/h2-8H,1H3,(H,18,20)(H,19,21). The highest BCUT2D eigenvalue weighted by Crippen LogP contribution is 2.22. The lowest BCUT2D eigenvalue weighted by molar-refractivity contribution is 0.0962. The minimum atomic E-state index is -0.343. The number of halogens is 2. The van der Waals surface area contributed by atoms with E-state index in [1.54, 1.807) is 43.4 Å². The molecule has 0 saturated heterocycles. The Balaban J connectivity index is 2.14. The van der Waals surface area contributed by atoms with Crippen LogP contribution in [0, 0.1) is 0 Å². The predicted molar refractivity (Wildman–Crippen MR) is 84.2 cm³/mol. The molecule has 0 aliphatic heterocycles. The van der Waals surface area contributed by atoms with Crippen LogP contribution in [0.25, 0.3) is 0 Å². The smallest absolute Gasteiger partial charge is 0.257 e. The number of anilines is 1. The molecule has 4 nitrogen and oxygen atoms in total. The maximum Gasteiger partial charge on any atom is 0.257 e. The molecule has 2 amide bonds. The van der Waals surface area contributed by atoms with E-state index in [9.17, 15) is 9.59 Å². The van der Waals surface area contributed by atoms with E-state index in [1.807, 2.05) is 0 Å². The molecule has 0 aliphatic rings. The number of carbonyl (C=O) groups is 2. The largest absolute Gasteiger partial charge is 0.355 e. The number of hydrogen-bond donors (Lipinski definition) is 2. The molecule has 0 aromatic heterocycles. The van der Waals surface area contributed by atoms with Crippen LogP contribution in [-0.4, -0.2) is 18.9 Å². The zero-order chi connectivity index (χ0) is 15.4. The number of rotatable bonds is 3. The Labute approximate surface area is 132 Å². The number of amides is 2. The van der Waals surface area contributed by atoms with Crippen molar-refractivity contribution in [3.8, 4) is 0 Å². The Hall–Kier alpha value is -2.04. The van der Waals surface area contributed by atoms with Gasteiger partial charge in [-0.1, -0.05) is 23.2 Å². The highest BCUT2D eigenvalue weighted by molar-refractivity contribution is 6.37. The first-order valence-corrected chi connectivity index (χ1v) is 6.85. The molecule has 2 aromatic rings. The van der Waals surface area contributed by atoms with E-state index < -0.39 is 0 Å². The van der Waals surface area contributed by atoms with Crippen LogP contribution in [0.15, 0.2) is 42.5 Å². The fourth-order valence-corrected chi connectivity index (χ4v) is 2.22. The molecule has 6 heteroatoms. The van der Waals surface area contributed by atoms with Crippen LogP contribution in [-0.2, 0) is 0 Å². The highest BCUT2D eigenvalue weighted by Gasteiger charge is 2.11. The minimum absolute atomic E-state index is 0.186. The summed E-state index contributed by atoms with van der Waals surface area (Å²) in [7, 11) is 1.56. The molecule has 0 radical (unpaired) electrons. The van der Waals surface area contributed by atoms with Gasteiger partial charge in [-0.05, 0) is 42.5 Å². The lowest BCUT2D eigenvalue weighted by Gasteiger charge is -2.08. The van der Waals surface area contributed by atoms with E-state index in [4.69, 9.17) is 23.2 Å². The minimum Gasteiger partial charge on any atom is -0.355 e. The van der Waals surface area contributed by atoms with Crippen molar-refractivity contribution >= 4 is 40.7 Å². The number of nitrogens with one attached hydrogen (secondary N) is 2. The topological polar surface area (TPSA) is 58.2 Å². The molecule has 0 unspecified atom stereocenters. The van der Waals surface area contributed by atoms with Crippen molar-refractivity contribution in [1.29, 1.82) is 0 Å². The second-order valence-corrected chi connectivity index (χ2v) is 5.08. The summed E-state index contributed by atoms with van der Waals surface area (Å²) in [5, 5.41) is 5.97. The monoisotopic (exact) mass is 322 g/mol. The lowest BCUT2D eigenvalue weighted by Crippen LogP contribution is -2.18. The van der Waals surface area contributed by atoms with Crippen molar-refractivity contribution in [3.63, 3.8) is 0 Å². The van der Waals surface area contributed by atoms with Crippen LogP contribution < -0.4 is 10.6 Å². The number of benzene rings is 2. The Morgan fingerprint density at radius 2 is 1.62 bits per heavy atom. The van der Waals surface area contributed by atoms with Crippen LogP contribution in [0.3, 0.4) is 0 Å². The van der Waals surface area contributed by atoms with Gasteiger partial charge in [-0.3, -0.25) is 9.59 Å². The molecule has 0 fully saturated rings. The number of carbonyl (C=O) groups excluding carboxylic acids is 2. The first kappa shape index (κ1) is 15.4. The van der Waals surface area contributed by atoms with Gasteiger partial charge in [-0.2, -0.15) is 0 Å². The Kier molecular flexibility index (Phi) is 4.83. The van der Waals surface area contributed by atoms with Crippen LogP contribution in [0.1, 0.15) is 20.7 Å². The molecule has 0 aliphatic carbocycles. The van der Waals surface area contributed by atoms with E-state index in [1.165, 1.54) is 6.07 Å². The van der Waals surface area contributed by atoms with E-state index in [-0.39, 0.29) is 16.8 Å². The summed E-state index contributed by atoms with van der Waals surface area (Å²) >= 11 is 11.8. The second-order valence-electron chi connectivity index (χ2n) is 4.23. The molecule has 0 heterocycles. The van der Waals surface area contributed by atoms with Gasteiger partial charge in [0.05, 0.1) is 10.6 Å². The van der Waals surface area contributed by atoms with Gasteiger partial charge >= 0.3 is 0 Å². The Morgan fingerprint density at radius 1 is 0.952 bits per heavy atom. The molecular weight excluding hydrogens is 311 g/mol. The summed E-state index contributed by atoms with van der Waals surface area (Å²) in [5.74, 6) is -0.530. The first-order chi connectivity index (χ1) is 10.0. The van der Waals surface area contributed by atoms with Gasteiger partial charge in [0.15, 0.2) is 0 Å². The van der Waals surface area contributed by atoms with Crippen molar-refractivity contribution in [3.05, 3.63) is 63.6 Å². The molecular formula is C15H12Cl2N2O2. The van der Waals surface area contributed by atoms with Gasteiger partial charge in [-0.25, -0.2) is 0 Å². The van der Waals surface area contributed by atoms with Crippen LogP contribution in [0.4, 0.5) is 5.69 Å². The molecule has 2 aromatic carbocycles. The second kappa shape index (κ2) is 6.61. The highest BCUT2D eigenvalue weighted by atomic mass is 35.5. The quantitative estimate of drug-likeness (QED) is 0.907. The van der Waals surface area contributed by atoms with Crippen LogP contribution >= 0.6 is 23.2 Å². The van der Waals surface area contributed by atoms with Crippen LogP contribution in [0.5, 0.6) is 0 Å². The van der Waals surface area contributed by atoms with E-state index in [0.29, 0.717) is 21.8 Å². The van der Waals surface area contributed by atoms with Crippen molar-refractivity contribution in [2.24, 2.45) is 0 Å². The van der Waals surface area contributed by atoms with E-state index in [0.717, 1.165) is 0 Å². The Morgan fingerprint density at radius 3 is 2.19 bits per heavy atom. The third kappa shape index (κ3) is 3.74. The Bertz CT molecular complexity index is 685. The lowest BCUT2D eigenvalue weighted by atomic mass is 10.1. The molecule has 0 saturated carbocycles. The van der Waals surface area contributed by atoms with Gasteiger partial charge in [0.1, 0.15) is 0 Å². The van der Waals surface area contributed by atoms with Crippen molar-refractivity contribution in [2.75, 3.05) is 12.4 Å². The summed E-state index contributed by atoms with van der Waals surface area (Å²) in [6.45, 7) is 0. The van der Waals surface area contributed by atoms with Crippen molar-refractivity contribution < 1.29 is 9.59 Å². The zero-order valence-electron chi connectivity index (χ0n) is 11.1. The average Bonchev–Trinajstić information content (AvgIpc) is 2.47. The van der Waals surface area contributed by atoms with Crippen LogP contribution in [0.2, 0.25) is 10.0 Å².